The highest BCUT2D eigenvalue weighted by atomic mass is 16.2. The molecule has 6 heteroatoms. The molecule has 3 rings (SSSR count). The Morgan fingerprint density at radius 3 is 2.86 bits per heavy atom. The number of carbonyl (C=O) groups excluding carboxylic acids is 1. The summed E-state index contributed by atoms with van der Waals surface area (Å²) in [5.74, 6) is 2.70. The number of hydrogen-bond donors (Lipinski definition) is 2. The Labute approximate surface area is 125 Å². The van der Waals surface area contributed by atoms with Gasteiger partial charge in [-0.1, -0.05) is 13.8 Å². The van der Waals surface area contributed by atoms with E-state index in [1.807, 2.05) is 6.92 Å². The zero-order chi connectivity index (χ0) is 15.1. The van der Waals surface area contributed by atoms with Crippen molar-refractivity contribution in [3.8, 4) is 0 Å². The zero-order valence-electron chi connectivity index (χ0n) is 12.9. The molecule has 0 bridgehead atoms. The molecule has 1 aromatic rings. The number of rotatable bonds is 2. The van der Waals surface area contributed by atoms with Gasteiger partial charge in [-0.05, 0) is 19.8 Å². The van der Waals surface area contributed by atoms with Crippen LogP contribution in [-0.2, 0) is 4.79 Å². The first-order chi connectivity index (χ1) is 9.99. The third-order valence-electron chi connectivity index (χ3n) is 4.56. The monoisotopic (exact) mass is 289 g/mol. The summed E-state index contributed by atoms with van der Waals surface area (Å²) in [5.41, 5.74) is 6.99. The van der Waals surface area contributed by atoms with Crippen molar-refractivity contribution in [2.75, 3.05) is 23.7 Å². The molecule has 0 radical (unpaired) electrons. The Bertz CT molecular complexity index is 571. The number of hydrogen-bond acceptors (Lipinski definition) is 5. The molecular formula is C15H23N5O. The Hall–Kier alpha value is -1.85. The Morgan fingerprint density at radius 2 is 2.14 bits per heavy atom. The van der Waals surface area contributed by atoms with Gasteiger partial charge in [0.15, 0.2) is 0 Å². The van der Waals surface area contributed by atoms with Gasteiger partial charge < -0.3 is 16.0 Å². The number of nitrogens with one attached hydrogen (secondary N) is 1. The van der Waals surface area contributed by atoms with Crippen LogP contribution in [0.15, 0.2) is 0 Å². The van der Waals surface area contributed by atoms with E-state index in [1.165, 1.54) is 0 Å². The number of nitrogens with two attached hydrogens (primary N) is 1. The summed E-state index contributed by atoms with van der Waals surface area (Å²) in [6, 6.07) is 0.194. The average Bonchev–Trinajstić information content (AvgIpc) is 2.83. The molecule has 0 aromatic carbocycles. The first-order valence-corrected chi connectivity index (χ1v) is 7.67. The van der Waals surface area contributed by atoms with E-state index in [9.17, 15) is 4.79 Å². The van der Waals surface area contributed by atoms with E-state index in [2.05, 4.69) is 29.0 Å². The van der Waals surface area contributed by atoms with Crippen molar-refractivity contribution < 1.29 is 4.79 Å². The van der Waals surface area contributed by atoms with E-state index < -0.39 is 0 Å². The van der Waals surface area contributed by atoms with Crippen molar-refractivity contribution in [3.63, 3.8) is 0 Å². The first-order valence-electron chi connectivity index (χ1n) is 7.67. The first kappa shape index (κ1) is 14.1. The molecule has 2 saturated heterocycles. The van der Waals surface area contributed by atoms with Crippen LogP contribution in [0.5, 0.6) is 0 Å². The average molecular weight is 289 g/mol. The molecule has 2 atom stereocenters. The minimum absolute atomic E-state index is 0.0804. The fourth-order valence-electron chi connectivity index (χ4n) is 3.29. The zero-order valence-corrected chi connectivity index (χ0v) is 12.9. The van der Waals surface area contributed by atoms with Crippen LogP contribution in [0.1, 0.15) is 44.0 Å². The molecule has 3 N–H and O–H groups in total. The molecule has 3 heterocycles. The van der Waals surface area contributed by atoms with E-state index in [1.54, 1.807) is 0 Å². The second kappa shape index (κ2) is 5.16. The number of fused-ring (bicyclic) bond motifs is 1. The van der Waals surface area contributed by atoms with Gasteiger partial charge in [0.2, 0.25) is 5.91 Å². The van der Waals surface area contributed by atoms with Crippen molar-refractivity contribution in [2.24, 2.45) is 5.92 Å². The van der Waals surface area contributed by atoms with Crippen LogP contribution in [0.2, 0.25) is 0 Å². The maximum atomic E-state index is 11.9. The van der Waals surface area contributed by atoms with Crippen LogP contribution < -0.4 is 16.0 Å². The number of nitrogens with zero attached hydrogens (tertiary/aromatic N) is 3. The number of anilines is 2. The number of aromatic nitrogens is 2. The molecule has 2 fully saturated rings. The van der Waals surface area contributed by atoms with Crippen molar-refractivity contribution >= 4 is 17.5 Å². The fraction of sp³-hybridized carbons (Fsp3) is 0.667. The molecule has 1 amide bonds. The van der Waals surface area contributed by atoms with Crippen molar-refractivity contribution in [1.82, 2.24) is 15.3 Å². The minimum Gasteiger partial charge on any atom is -0.383 e. The Balaban J connectivity index is 2.01. The molecule has 1 aromatic heterocycles. The lowest BCUT2D eigenvalue weighted by Crippen LogP contribution is -2.46. The topological polar surface area (TPSA) is 84.1 Å². The van der Waals surface area contributed by atoms with Gasteiger partial charge in [0.1, 0.15) is 17.5 Å². The van der Waals surface area contributed by atoms with Gasteiger partial charge in [-0.2, -0.15) is 0 Å². The summed E-state index contributed by atoms with van der Waals surface area (Å²) < 4.78 is 0. The fourth-order valence-corrected chi connectivity index (χ4v) is 3.29. The second-order valence-corrected chi connectivity index (χ2v) is 6.32. The molecule has 2 aliphatic heterocycles. The molecule has 0 saturated carbocycles. The molecule has 6 nitrogen and oxygen atoms in total. The maximum Gasteiger partial charge on any atom is 0.225 e. The lowest BCUT2D eigenvalue weighted by Gasteiger charge is -2.37. The predicted molar refractivity (Wildman–Crippen MR) is 82.1 cm³/mol. The molecule has 114 valence electrons. The third-order valence-corrected chi connectivity index (χ3v) is 4.56. The van der Waals surface area contributed by atoms with E-state index in [0.29, 0.717) is 12.4 Å². The quantitative estimate of drug-likeness (QED) is 0.855. The summed E-state index contributed by atoms with van der Waals surface area (Å²) >= 11 is 0. The van der Waals surface area contributed by atoms with E-state index in [4.69, 9.17) is 10.7 Å². The summed E-state index contributed by atoms with van der Waals surface area (Å²) in [6.45, 7) is 7.71. The molecule has 0 aliphatic carbocycles. The normalized spacial score (nSPS) is 25.1. The summed E-state index contributed by atoms with van der Waals surface area (Å²) in [4.78, 5) is 23.3. The van der Waals surface area contributed by atoms with E-state index in [-0.39, 0.29) is 23.8 Å². The molecule has 21 heavy (non-hydrogen) atoms. The highest BCUT2D eigenvalue weighted by Crippen LogP contribution is 2.33. The Morgan fingerprint density at radius 1 is 1.38 bits per heavy atom. The van der Waals surface area contributed by atoms with Crippen molar-refractivity contribution in [1.29, 1.82) is 0 Å². The summed E-state index contributed by atoms with van der Waals surface area (Å²) in [7, 11) is 0. The standard InChI is InChI=1S/C15H23N5O/c1-8(2)13-18-12(16)9(3)14(19-13)20-6-4-5-10-11(20)7-17-15(10)21/h8,10-11H,4-7H2,1-3H3,(H,17,21)(H2,16,18,19). The van der Waals surface area contributed by atoms with Gasteiger partial charge >= 0.3 is 0 Å². The van der Waals surface area contributed by atoms with Crippen molar-refractivity contribution in [3.05, 3.63) is 11.4 Å². The Kier molecular flexibility index (Phi) is 3.47. The SMILES string of the molecule is Cc1c(N)nc(C(C)C)nc1N1CCCC2C(=O)NCC21. The lowest BCUT2D eigenvalue weighted by atomic mass is 9.91. The lowest BCUT2D eigenvalue weighted by molar-refractivity contribution is -0.122. The number of carbonyl (C=O) groups is 1. The third kappa shape index (κ3) is 2.32. The molecule has 0 spiro atoms. The van der Waals surface area contributed by atoms with Crippen LogP contribution in [0.4, 0.5) is 11.6 Å². The van der Waals surface area contributed by atoms with Gasteiger partial charge in [0.05, 0.1) is 12.0 Å². The maximum absolute atomic E-state index is 11.9. The van der Waals surface area contributed by atoms with Gasteiger partial charge in [-0.25, -0.2) is 9.97 Å². The van der Waals surface area contributed by atoms with Crippen LogP contribution >= 0.6 is 0 Å². The number of amides is 1. The van der Waals surface area contributed by atoms with Crippen LogP contribution in [-0.4, -0.2) is 35.0 Å². The minimum atomic E-state index is 0.0804. The van der Waals surface area contributed by atoms with Gasteiger partial charge in [0.25, 0.3) is 0 Å². The smallest absolute Gasteiger partial charge is 0.225 e. The van der Waals surface area contributed by atoms with Gasteiger partial charge in [-0.15, -0.1) is 0 Å². The largest absolute Gasteiger partial charge is 0.383 e. The van der Waals surface area contributed by atoms with Gasteiger partial charge in [-0.3, -0.25) is 4.79 Å². The van der Waals surface area contributed by atoms with Crippen LogP contribution in [0, 0.1) is 12.8 Å². The highest BCUT2D eigenvalue weighted by molar-refractivity contribution is 5.83. The van der Waals surface area contributed by atoms with Gasteiger partial charge in [0, 0.05) is 24.6 Å². The summed E-state index contributed by atoms with van der Waals surface area (Å²) in [6.07, 6.45) is 1.97. The van der Waals surface area contributed by atoms with E-state index in [0.717, 1.165) is 36.6 Å². The van der Waals surface area contributed by atoms with Crippen molar-refractivity contribution in [2.45, 2.75) is 45.6 Å². The molecular weight excluding hydrogens is 266 g/mol. The molecule has 2 aliphatic rings. The van der Waals surface area contributed by atoms with Crippen LogP contribution in [0.25, 0.3) is 0 Å². The van der Waals surface area contributed by atoms with Crippen LogP contribution in [0.3, 0.4) is 0 Å². The molecule has 2 unspecified atom stereocenters. The van der Waals surface area contributed by atoms with E-state index >= 15 is 0 Å². The predicted octanol–water partition coefficient (Wildman–Crippen LogP) is 1.21. The highest BCUT2D eigenvalue weighted by Gasteiger charge is 2.41. The number of nitrogen functional groups attached to an aromatic ring is 1. The summed E-state index contributed by atoms with van der Waals surface area (Å²) in [5, 5.41) is 2.98. The second-order valence-electron chi connectivity index (χ2n) is 6.32. The number of piperidine rings is 1.